The lowest BCUT2D eigenvalue weighted by atomic mass is 10.0. The molecule has 2 N–H and O–H groups in total. The summed E-state index contributed by atoms with van der Waals surface area (Å²) in [6, 6.07) is 4.15. The molecule has 1 aromatic rings. The SMILES string of the molecule is COC(=O)Cc1cc(N)cc(OC(F)F)c1C#N. The molecule has 0 radical (unpaired) electrons. The lowest BCUT2D eigenvalue weighted by molar-refractivity contribution is -0.139. The number of carbonyl (C=O) groups excluding carboxylic acids is 1. The molecule has 0 aliphatic heterocycles. The summed E-state index contributed by atoms with van der Waals surface area (Å²) < 4.78 is 33.0. The van der Waals surface area contributed by atoms with E-state index >= 15 is 0 Å². The van der Waals surface area contributed by atoms with E-state index in [9.17, 15) is 13.6 Å². The van der Waals surface area contributed by atoms with Crippen LogP contribution in [0.4, 0.5) is 14.5 Å². The second kappa shape index (κ2) is 5.82. The molecule has 0 amide bonds. The number of esters is 1. The molecule has 1 rings (SSSR count). The van der Waals surface area contributed by atoms with Crippen LogP contribution >= 0.6 is 0 Å². The summed E-state index contributed by atoms with van der Waals surface area (Å²) in [6.45, 7) is -3.08. The number of nitriles is 1. The maximum Gasteiger partial charge on any atom is 0.387 e. The molecule has 18 heavy (non-hydrogen) atoms. The van der Waals surface area contributed by atoms with Crippen LogP contribution in [0.1, 0.15) is 11.1 Å². The highest BCUT2D eigenvalue weighted by Gasteiger charge is 2.17. The molecule has 0 aromatic heterocycles. The fourth-order valence-electron chi connectivity index (χ4n) is 1.38. The Morgan fingerprint density at radius 2 is 2.22 bits per heavy atom. The van der Waals surface area contributed by atoms with E-state index < -0.39 is 12.6 Å². The molecule has 0 aliphatic rings. The standard InChI is InChI=1S/C11H10F2N2O3/c1-17-10(16)3-6-2-7(15)4-9(8(6)5-14)18-11(12)13/h2,4,11H,3,15H2,1H3. The van der Waals surface area contributed by atoms with E-state index in [0.717, 1.165) is 6.07 Å². The van der Waals surface area contributed by atoms with Crippen molar-refractivity contribution in [1.29, 1.82) is 5.26 Å². The van der Waals surface area contributed by atoms with Crippen molar-refractivity contribution in [1.82, 2.24) is 0 Å². The number of carbonyl (C=O) groups is 1. The van der Waals surface area contributed by atoms with E-state index in [0.29, 0.717) is 0 Å². The van der Waals surface area contributed by atoms with E-state index in [1.54, 1.807) is 6.07 Å². The van der Waals surface area contributed by atoms with Crippen LogP contribution in [0.5, 0.6) is 5.75 Å². The van der Waals surface area contributed by atoms with E-state index in [-0.39, 0.29) is 29.0 Å². The van der Waals surface area contributed by atoms with Gasteiger partial charge < -0.3 is 15.2 Å². The number of hydrogen-bond acceptors (Lipinski definition) is 5. The van der Waals surface area contributed by atoms with Crippen molar-refractivity contribution in [2.45, 2.75) is 13.0 Å². The van der Waals surface area contributed by atoms with Gasteiger partial charge in [0.1, 0.15) is 11.8 Å². The third-order valence-corrected chi connectivity index (χ3v) is 2.10. The first-order chi connectivity index (χ1) is 8.47. The second-order valence-corrected chi connectivity index (χ2v) is 3.30. The predicted molar refractivity (Wildman–Crippen MR) is 57.9 cm³/mol. The molecule has 7 heteroatoms. The van der Waals surface area contributed by atoms with Crippen molar-refractivity contribution >= 4 is 11.7 Å². The van der Waals surface area contributed by atoms with Gasteiger partial charge in [-0.3, -0.25) is 4.79 Å². The molecule has 1 aromatic carbocycles. The van der Waals surface area contributed by atoms with Gasteiger partial charge in [-0.15, -0.1) is 0 Å². The number of benzene rings is 1. The highest BCUT2D eigenvalue weighted by Crippen LogP contribution is 2.27. The van der Waals surface area contributed by atoms with Crippen LogP contribution in [-0.2, 0) is 16.0 Å². The maximum atomic E-state index is 12.2. The summed E-state index contributed by atoms with van der Waals surface area (Å²) in [5.41, 5.74) is 5.63. The number of alkyl halides is 2. The number of nitrogens with two attached hydrogens (primary N) is 1. The summed E-state index contributed by atoms with van der Waals surface area (Å²) in [5, 5.41) is 8.92. The van der Waals surface area contributed by atoms with Crippen LogP contribution in [0.15, 0.2) is 12.1 Å². The van der Waals surface area contributed by atoms with Crippen molar-refractivity contribution in [3.8, 4) is 11.8 Å². The molecule has 0 unspecified atom stereocenters. The summed E-state index contributed by atoms with van der Waals surface area (Å²) in [6.07, 6.45) is -0.246. The third-order valence-electron chi connectivity index (χ3n) is 2.10. The van der Waals surface area contributed by atoms with Gasteiger partial charge in [0.2, 0.25) is 0 Å². The lowest BCUT2D eigenvalue weighted by Crippen LogP contribution is -2.10. The van der Waals surface area contributed by atoms with Crippen molar-refractivity contribution in [2.75, 3.05) is 12.8 Å². The monoisotopic (exact) mass is 256 g/mol. The number of hydrogen-bond donors (Lipinski definition) is 1. The zero-order chi connectivity index (χ0) is 13.7. The Labute approximate surface area is 102 Å². The van der Waals surface area contributed by atoms with Crippen molar-refractivity contribution in [3.05, 3.63) is 23.3 Å². The Morgan fingerprint density at radius 3 is 2.72 bits per heavy atom. The van der Waals surface area contributed by atoms with Crippen LogP contribution < -0.4 is 10.5 Å². The number of methoxy groups -OCH3 is 1. The van der Waals surface area contributed by atoms with E-state index in [1.165, 1.54) is 13.2 Å². The minimum absolute atomic E-state index is 0.114. The van der Waals surface area contributed by atoms with E-state index in [2.05, 4.69) is 9.47 Å². The fourth-order valence-corrected chi connectivity index (χ4v) is 1.38. The summed E-state index contributed by atoms with van der Waals surface area (Å²) >= 11 is 0. The zero-order valence-corrected chi connectivity index (χ0v) is 9.44. The predicted octanol–water partition coefficient (Wildman–Crippen LogP) is 1.46. The van der Waals surface area contributed by atoms with Gasteiger partial charge in [0.15, 0.2) is 0 Å². The average Bonchev–Trinajstić information content (AvgIpc) is 2.27. The first-order valence-corrected chi connectivity index (χ1v) is 4.82. The minimum Gasteiger partial charge on any atom is -0.469 e. The topological polar surface area (TPSA) is 85.3 Å². The Kier molecular flexibility index (Phi) is 4.43. The normalized spacial score (nSPS) is 9.94. The molecule has 0 saturated carbocycles. The van der Waals surface area contributed by atoms with Gasteiger partial charge in [0, 0.05) is 11.8 Å². The first-order valence-electron chi connectivity index (χ1n) is 4.82. The molecule has 0 heterocycles. The Bertz CT molecular complexity index is 498. The summed E-state index contributed by atoms with van der Waals surface area (Å²) in [5.74, 6) is -0.966. The average molecular weight is 256 g/mol. The Morgan fingerprint density at radius 1 is 1.56 bits per heavy atom. The first kappa shape index (κ1) is 13.7. The Hall–Kier alpha value is -2.36. The second-order valence-electron chi connectivity index (χ2n) is 3.30. The molecule has 96 valence electrons. The third kappa shape index (κ3) is 3.31. The van der Waals surface area contributed by atoms with Crippen molar-refractivity contribution < 1.29 is 23.0 Å². The van der Waals surface area contributed by atoms with Gasteiger partial charge in [-0.2, -0.15) is 14.0 Å². The van der Waals surface area contributed by atoms with E-state index in [1.807, 2.05) is 0 Å². The molecule has 0 fully saturated rings. The number of nitrogen functional groups attached to an aromatic ring is 1. The van der Waals surface area contributed by atoms with Gasteiger partial charge >= 0.3 is 12.6 Å². The highest BCUT2D eigenvalue weighted by atomic mass is 19.3. The number of rotatable bonds is 4. The quantitative estimate of drug-likeness (QED) is 0.651. The molecular weight excluding hydrogens is 246 g/mol. The van der Waals surface area contributed by atoms with Gasteiger partial charge in [0.05, 0.1) is 19.1 Å². The van der Waals surface area contributed by atoms with Gasteiger partial charge in [-0.05, 0) is 11.6 Å². The molecule has 0 bridgehead atoms. The van der Waals surface area contributed by atoms with Gasteiger partial charge in [-0.25, -0.2) is 0 Å². The van der Waals surface area contributed by atoms with Gasteiger partial charge in [-0.1, -0.05) is 0 Å². The maximum absolute atomic E-state index is 12.2. The van der Waals surface area contributed by atoms with Gasteiger partial charge in [0.25, 0.3) is 0 Å². The molecule has 0 aliphatic carbocycles. The van der Waals surface area contributed by atoms with Crippen LogP contribution in [0.3, 0.4) is 0 Å². The number of nitrogens with zero attached hydrogens (tertiary/aromatic N) is 1. The molecule has 5 nitrogen and oxygen atoms in total. The molecule has 0 spiro atoms. The number of ether oxygens (including phenoxy) is 2. The van der Waals surface area contributed by atoms with Crippen molar-refractivity contribution in [3.63, 3.8) is 0 Å². The highest BCUT2D eigenvalue weighted by molar-refractivity contribution is 5.75. The van der Waals surface area contributed by atoms with Crippen molar-refractivity contribution in [2.24, 2.45) is 0 Å². The van der Waals surface area contributed by atoms with Crippen LogP contribution in [-0.4, -0.2) is 19.7 Å². The van der Waals surface area contributed by atoms with Crippen LogP contribution in [0.2, 0.25) is 0 Å². The number of anilines is 1. The molecular formula is C11H10F2N2O3. The fraction of sp³-hybridized carbons (Fsp3) is 0.273. The zero-order valence-electron chi connectivity index (χ0n) is 9.44. The lowest BCUT2D eigenvalue weighted by Gasteiger charge is -2.11. The summed E-state index contributed by atoms with van der Waals surface area (Å²) in [4.78, 5) is 11.1. The van der Waals surface area contributed by atoms with Crippen LogP contribution in [0.25, 0.3) is 0 Å². The summed E-state index contributed by atoms with van der Waals surface area (Å²) in [7, 11) is 1.18. The minimum atomic E-state index is -3.08. The molecule has 0 saturated heterocycles. The smallest absolute Gasteiger partial charge is 0.387 e. The Balaban J connectivity index is 3.21. The molecule has 0 atom stereocenters. The van der Waals surface area contributed by atoms with Crippen LogP contribution in [0, 0.1) is 11.3 Å². The number of halogens is 2. The largest absolute Gasteiger partial charge is 0.469 e. The van der Waals surface area contributed by atoms with E-state index in [4.69, 9.17) is 11.0 Å².